The second-order valence-corrected chi connectivity index (χ2v) is 22.4. The van der Waals surface area contributed by atoms with Gasteiger partial charge in [-0.3, -0.25) is 33.7 Å². The number of H-pyrrole nitrogens is 2. The molecule has 2 fully saturated rings. The summed E-state index contributed by atoms with van der Waals surface area (Å²) < 4.78 is 12.4. The molecule has 76 heavy (non-hydrogen) atoms. The van der Waals surface area contributed by atoms with Crippen LogP contribution in [-0.4, -0.2) is 101 Å². The number of thiophene rings is 2. The van der Waals surface area contributed by atoms with Crippen LogP contribution in [-0.2, 0) is 32.0 Å². The van der Waals surface area contributed by atoms with E-state index in [1.54, 1.807) is 33.7 Å². The third-order valence-corrected chi connectivity index (χ3v) is 17.8. The number of carbonyl (C=O) groups is 4. The molecule has 4 aliphatic heterocycles. The van der Waals surface area contributed by atoms with Crippen LogP contribution in [0.1, 0.15) is 23.6 Å². The van der Waals surface area contributed by atoms with Gasteiger partial charge in [-0.25, -0.2) is 9.97 Å². The van der Waals surface area contributed by atoms with Gasteiger partial charge in [-0.2, -0.15) is 0 Å². The van der Waals surface area contributed by atoms with Crippen LogP contribution in [0.25, 0.3) is 44.6 Å². The number of amides is 4. The van der Waals surface area contributed by atoms with E-state index < -0.39 is 12.1 Å². The van der Waals surface area contributed by atoms with Crippen LogP contribution in [0.3, 0.4) is 0 Å². The molecule has 2 saturated heterocycles. The molecule has 5 unspecified atom stereocenters. The maximum atomic E-state index is 12.9. The Morgan fingerprint density at radius 1 is 0.645 bits per heavy atom. The second kappa shape index (κ2) is 21.8. The number of hydrogen-bond donors (Lipinski definition) is 4. The summed E-state index contributed by atoms with van der Waals surface area (Å²) in [6.07, 6.45) is 0.559. The van der Waals surface area contributed by atoms with Gasteiger partial charge >= 0.3 is 0 Å². The topological polar surface area (TPSA) is 209 Å². The Labute approximate surface area is 451 Å². The Morgan fingerprint density at radius 2 is 1.16 bits per heavy atom. The zero-order chi connectivity index (χ0) is 52.5. The normalized spacial score (nSPS) is 19.6. The summed E-state index contributed by atoms with van der Waals surface area (Å²) in [6, 6.07) is 35.7. The average Bonchev–Trinajstić information content (AvgIpc) is 4.16. The minimum Gasteiger partial charge on any atom is -0.488 e. The van der Waals surface area contributed by atoms with E-state index in [1.165, 1.54) is 34.4 Å². The third kappa shape index (κ3) is 10.2. The number of nitrogens with one attached hydrogen (secondary N) is 4. The van der Waals surface area contributed by atoms with Crippen molar-refractivity contribution in [2.24, 2.45) is 0 Å². The van der Waals surface area contributed by atoms with Crippen LogP contribution in [0.5, 0.6) is 11.5 Å². The van der Waals surface area contributed by atoms with Crippen LogP contribution in [0.4, 0.5) is 0 Å². The fraction of sp³-hybridized carbons (Fsp3) is 0.214. The summed E-state index contributed by atoms with van der Waals surface area (Å²) in [7, 11) is 0. The fourth-order valence-corrected chi connectivity index (χ4v) is 13.6. The number of allylic oxidation sites excluding steroid dienone is 1. The van der Waals surface area contributed by atoms with Crippen molar-refractivity contribution >= 4 is 91.6 Å². The number of ether oxygens (including phenoxy) is 2. The highest BCUT2D eigenvalue weighted by molar-refractivity contribution is 8.03. The van der Waals surface area contributed by atoms with E-state index in [0.29, 0.717) is 68.4 Å². The Bertz CT molecular complexity index is 3680. The SMILES string of the molecule is CC1=C(COc2ccccc2-c2nc3ccccc3c(=O)[nH]2)CSC2C(NC(=O)Cc3cccs3)C(=O)N12.CC1C(COc2ccccc2-c2nc3ccccc3c(=O)[nH]2)=CSC2C(NC(=O)Cc3cccs3)C(=O)N12. The van der Waals surface area contributed by atoms with Gasteiger partial charge in [0.15, 0.2) is 0 Å². The average molecular weight is 1090 g/mol. The predicted molar refractivity (Wildman–Crippen MR) is 298 cm³/mol. The molecule has 4 N–H and O–H groups in total. The Hall–Kier alpha value is -7.78. The molecule has 4 aromatic heterocycles. The molecule has 0 radical (unpaired) electrons. The molecule has 0 saturated carbocycles. The van der Waals surface area contributed by atoms with Crippen LogP contribution >= 0.6 is 46.2 Å². The molecule has 4 amide bonds. The smallest absolute Gasteiger partial charge is 0.259 e. The van der Waals surface area contributed by atoms with Crippen molar-refractivity contribution < 1.29 is 28.7 Å². The van der Waals surface area contributed by atoms with Crippen molar-refractivity contribution in [2.45, 2.75) is 55.6 Å². The van der Waals surface area contributed by atoms with Crippen molar-refractivity contribution in [1.29, 1.82) is 0 Å². The van der Waals surface area contributed by atoms with Gasteiger partial charge in [0.2, 0.25) is 17.7 Å². The fourth-order valence-electron chi connectivity index (χ4n) is 9.42. The van der Waals surface area contributed by atoms with Gasteiger partial charge in [0.05, 0.1) is 51.8 Å². The molecular formula is C56H48N8O8S4. The number of aromatic nitrogens is 4. The molecular weight excluding hydrogens is 1040 g/mol. The lowest BCUT2D eigenvalue weighted by Crippen LogP contribution is -2.72. The number of para-hydroxylation sites is 4. The summed E-state index contributed by atoms with van der Waals surface area (Å²) >= 11 is 6.19. The number of rotatable bonds is 14. The monoisotopic (exact) mass is 1090 g/mol. The zero-order valence-electron chi connectivity index (χ0n) is 40.9. The number of hydrogen-bond acceptors (Lipinski definition) is 14. The first kappa shape index (κ1) is 50.4. The van der Waals surface area contributed by atoms with Gasteiger partial charge in [-0.1, -0.05) is 60.7 Å². The predicted octanol–water partition coefficient (Wildman–Crippen LogP) is 7.89. The van der Waals surface area contributed by atoms with Gasteiger partial charge in [-0.05, 0) is 102 Å². The van der Waals surface area contributed by atoms with Crippen LogP contribution < -0.4 is 31.2 Å². The van der Waals surface area contributed by atoms with Crippen LogP contribution in [0.2, 0.25) is 0 Å². The van der Waals surface area contributed by atoms with Crippen LogP contribution in [0.15, 0.2) is 164 Å². The lowest BCUT2D eigenvalue weighted by molar-refractivity contribution is -0.150. The maximum Gasteiger partial charge on any atom is 0.259 e. The number of fused-ring (bicyclic) bond motifs is 4. The molecule has 0 aliphatic carbocycles. The Balaban J connectivity index is 0.000000162. The first-order valence-corrected chi connectivity index (χ1v) is 28.1. The lowest BCUT2D eigenvalue weighted by Gasteiger charge is -2.52. The van der Waals surface area contributed by atoms with E-state index in [4.69, 9.17) is 9.47 Å². The number of carbonyl (C=O) groups excluding carboxylic acids is 4. The highest BCUT2D eigenvalue weighted by Crippen LogP contribution is 2.42. The third-order valence-electron chi connectivity index (χ3n) is 13.5. The summed E-state index contributed by atoms with van der Waals surface area (Å²) in [5.74, 6) is 2.26. The largest absolute Gasteiger partial charge is 0.488 e. The van der Waals surface area contributed by atoms with Gasteiger partial charge in [0, 0.05) is 21.2 Å². The number of aromatic amines is 2. The molecule has 4 aliphatic rings. The minimum atomic E-state index is -0.523. The summed E-state index contributed by atoms with van der Waals surface area (Å²) in [4.78, 5) is 96.4. The van der Waals surface area contributed by atoms with Gasteiger partial charge in [0.1, 0.15) is 59.2 Å². The Kier molecular flexibility index (Phi) is 14.5. The van der Waals surface area contributed by atoms with E-state index in [2.05, 4.69) is 30.6 Å². The minimum absolute atomic E-state index is 0.0848. The quantitative estimate of drug-likeness (QED) is 0.0767. The molecule has 0 bridgehead atoms. The number of benzene rings is 4. The highest BCUT2D eigenvalue weighted by atomic mass is 32.2. The highest BCUT2D eigenvalue weighted by Gasteiger charge is 2.53. The molecule has 8 heterocycles. The van der Waals surface area contributed by atoms with Crippen molar-refractivity contribution in [2.75, 3.05) is 19.0 Å². The van der Waals surface area contributed by atoms with E-state index in [9.17, 15) is 28.8 Å². The second-order valence-electron chi connectivity index (χ2n) is 18.3. The molecule has 5 atom stereocenters. The number of β-lactam (4-membered cyclic amide) rings is 2. The number of thioether (sulfide) groups is 2. The van der Waals surface area contributed by atoms with E-state index in [1.807, 2.05) is 139 Å². The molecule has 16 nitrogen and oxygen atoms in total. The van der Waals surface area contributed by atoms with Gasteiger partial charge in [0.25, 0.3) is 17.0 Å². The summed E-state index contributed by atoms with van der Waals surface area (Å²) in [6.45, 7) is 4.45. The van der Waals surface area contributed by atoms with Crippen molar-refractivity contribution in [1.82, 2.24) is 40.4 Å². The van der Waals surface area contributed by atoms with Crippen molar-refractivity contribution in [3.05, 3.63) is 185 Å². The lowest BCUT2D eigenvalue weighted by atomic mass is 9.99. The molecule has 20 heteroatoms. The molecule has 0 spiro atoms. The molecule has 8 aromatic rings. The van der Waals surface area contributed by atoms with E-state index in [0.717, 1.165) is 26.6 Å². The first-order chi connectivity index (χ1) is 37.0. The first-order valence-electron chi connectivity index (χ1n) is 24.3. The summed E-state index contributed by atoms with van der Waals surface area (Å²) in [5, 5.41) is 12.5. The molecule has 12 rings (SSSR count). The molecule has 4 aromatic carbocycles. The maximum absolute atomic E-state index is 12.9. The Morgan fingerprint density at radius 3 is 1.71 bits per heavy atom. The van der Waals surface area contributed by atoms with Crippen LogP contribution in [0, 0.1) is 0 Å². The van der Waals surface area contributed by atoms with E-state index >= 15 is 0 Å². The zero-order valence-corrected chi connectivity index (χ0v) is 44.2. The standard InChI is InChI=1S/2C28H24N4O4S2/c2*1-16-17(15-38-28-24(27(35)32(16)28)30-23(33)13-18-7-6-12-37-18)14-36-22-11-5-3-9-20(22)25-29-21-10-4-2-8-19(21)26(34)31-25/h2-12,24,28H,13-15H2,1H3,(H,30,33)(H,29,31,34);2-12,15-16,24,28H,13-14H2,1H3,(H,30,33)(H,29,31,34). The van der Waals surface area contributed by atoms with Crippen molar-refractivity contribution in [3.63, 3.8) is 0 Å². The molecule has 384 valence electrons. The van der Waals surface area contributed by atoms with Gasteiger partial charge < -0.3 is 35.0 Å². The van der Waals surface area contributed by atoms with Gasteiger partial charge in [-0.15, -0.1) is 46.2 Å². The van der Waals surface area contributed by atoms with Crippen molar-refractivity contribution in [3.8, 4) is 34.3 Å². The summed E-state index contributed by atoms with van der Waals surface area (Å²) in [5.41, 5.74) is 4.99. The van der Waals surface area contributed by atoms with E-state index in [-0.39, 0.29) is 71.0 Å². The number of nitrogens with zero attached hydrogens (tertiary/aromatic N) is 4.